The van der Waals surface area contributed by atoms with E-state index in [0.29, 0.717) is 6.61 Å². The van der Waals surface area contributed by atoms with Crippen LogP contribution < -0.4 is 4.74 Å². The number of benzene rings is 2. The van der Waals surface area contributed by atoms with Gasteiger partial charge in [-0.1, -0.05) is 49.4 Å². The van der Waals surface area contributed by atoms with Crippen LogP contribution in [0.15, 0.2) is 48.5 Å². The molecule has 0 saturated heterocycles. The SMILES string of the molecule is CCc1ccccc1OCC1OCCc2ccccc21. The molecule has 0 N–H and O–H groups in total. The van der Waals surface area contributed by atoms with Crippen LogP contribution in [0.2, 0.25) is 0 Å². The first-order valence-corrected chi connectivity index (χ1v) is 7.28. The van der Waals surface area contributed by atoms with Crippen LogP contribution in [-0.2, 0) is 17.6 Å². The van der Waals surface area contributed by atoms with Crippen molar-refractivity contribution in [3.63, 3.8) is 0 Å². The van der Waals surface area contributed by atoms with Crippen LogP contribution in [0.3, 0.4) is 0 Å². The first-order valence-electron chi connectivity index (χ1n) is 7.28. The molecule has 0 spiro atoms. The first kappa shape index (κ1) is 13.2. The highest BCUT2D eigenvalue weighted by Crippen LogP contribution is 2.28. The zero-order valence-corrected chi connectivity index (χ0v) is 11.8. The van der Waals surface area contributed by atoms with Crippen LogP contribution in [0.1, 0.15) is 29.7 Å². The molecule has 0 bridgehead atoms. The van der Waals surface area contributed by atoms with Crippen molar-refractivity contribution in [3.8, 4) is 5.75 Å². The minimum absolute atomic E-state index is 0.0462. The van der Waals surface area contributed by atoms with Crippen LogP contribution >= 0.6 is 0 Å². The van der Waals surface area contributed by atoms with Crippen molar-refractivity contribution in [1.82, 2.24) is 0 Å². The van der Waals surface area contributed by atoms with E-state index in [0.717, 1.165) is 25.2 Å². The van der Waals surface area contributed by atoms with Crippen molar-refractivity contribution in [2.24, 2.45) is 0 Å². The lowest BCUT2D eigenvalue weighted by atomic mass is 9.98. The monoisotopic (exact) mass is 268 g/mol. The maximum absolute atomic E-state index is 6.00. The molecule has 1 unspecified atom stereocenters. The average Bonchev–Trinajstić information content (AvgIpc) is 2.53. The molecule has 20 heavy (non-hydrogen) atoms. The van der Waals surface area contributed by atoms with Gasteiger partial charge in [0, 0.05) is 0 Å². The van der Waals surface area contributed by atoms with Gasteiger partial charge >= 0.3 is 0 Å². The van der Waals surface area contributed by atoms with E-state index < -0.39 is 0 Å². The summed E-state index contributed by atoms with van der Waals surface area (Å²) in [7, 11) is 0. The second kappa shape index (κ2) is 6.10. The van der Waals surface area contributed by atoms with Crippen molar-refractivity contribution < 1.29 is 9.47 Å². The Kier molecular flexibility index (Phi) is 4.03. The van der Waals surface area contributed by atoms with E-state index in [2.05, 4.69) is 43.3 Å². The lowest BCUT2D eigenvalue weighted by Gasteiger charge is -2.26. The molecule has 0 aromatic heterocycles. The highest BCUT2D eigenvalue weighted by atomic mass is 16.5. The molecule has 1 aliphatic heterocycles. The molecule has 1 aliphatic rings. The summed E-state index contributed by atoms with van der Waals surface area (Å²) in [5.74, 6) is 0.974. The Balaban J connectivity index is 1.73. The Morgan fingerprint density at radius 1 is 1.10 bits per heavy atom. The van der Waals surface area contributed by atoms with E-state index in [1.54, 1.807) is 0 Å². The fraction of sp³-hybridized carbons (Fsp3) is 0.333. The molecule has 0 amide bonds. The molecule has 2 aromatic rings. The summed E-state index contributed by atoms with van der Waals surface area (Å²) in [6.45, 7) is 3.50. The lowest BCUT2D eigenvalue weighted by Crippen LogP contribution is -2.21. The Morgan fingerprint density at radius 3 is 2.80 bits per heavy atom. The van der Waals surface area contributed by atoms with E-state index in [-0.39, 0.29) is 6.10 Å². The minimum atomic E-state index is 0.0462. The van der Waals surface area contributed by atoms with Crippen molar-refractivity contribution in [1.29, 1.82) is 0 Å². The number of aryl methyl sites for hydroxylation is 1. The van der Waals surface area contributed by atoms with Crippen LogP contribution in [-0.4, -0.2) is 13.2 Å². The highest BCUT2D eigenvalue weighted by molar-refractivity contribution is 5.34. The van der Waals surface area contributed by atoms with Gasteiger partial charge in [-0.25, -0.2) is 0 Å². The van der Waals surface area contributed by atoms with Gasteiger partial charge in [-0.15, -0.1) is 0 Å². The van der Waals surface area contributed by atoms with Crippen molar-refractivity contribution in [3.05, 3.63) is 65.2 Å². The third-order valence-corrected chi connectivity index (χ3v) is 3.84. The molecule has 3 rings (SSSR count). The van der Waals surface area contributed by atoms with E-state index in [1.165, 1.54) is 16.7 Å². The molecule has 0 radical (unpaired) electrons. The highest BCUT2D eigenvalue weighted by Gasteiger charge is 2.21. The molecule has 0 aliphatic carbocycles. The second-order valence-corrected chi connectivity index (χ2v) is 5.08. The average molecular weight is 268 g/mol. The number of ether oxygens (including phenoxy) is 2. The van der Waals surface area contributed by atoms with Gasteiger partial charge in [0.15, 0.2) is 0 Å². The quantitative estimate of drug-likeness (QED) is 0.836. The Hall–Kier alpha value is -1.80. The third kappa shape index (κ3) is 2.70. The summed E-state index contributed by atoms with van der Waals surface area (Å²) in [4.78, 5) is 0. The predicted molar refractivity (Wildman–Crippen MR) is 80.2 cm³/mol. The van der Waals surface area contributed by atoms with Crippen LogP contribution in [0.5, 0.6) is 5.75 Å². The third-order valence-electron chi connectivity index (χ3n) is 3.84. The lowest BCUT2D eigenvalue weighted by molar-refractivity contribution is 0.01000. The summed E-state index contributed by atoms with van der Waals surface area (Å²) in [6.07, 6.45) is 2.03. The normalized spacial score (nSPS) is 17.6. The van der Waals surface area contributed by atoms with Crippen molar-refractivity contribution in [2.75, 3.05) is 13.2 Å². The first-order chi connectivity index (χ1) is 9.88. The van der Waals surface area contributed by atoms with Gasteiger partial charge in [-0.3, -0.25) is 0 Å². The van der Waals surface area contributed by atoms with Crippen LogP contribution in [0.4, 0.5) is 0 Å². The molecule has 1 atom stereocenters. The van der Waals surface area contributed by atoms with Gasteiger partial charge < -0.3 is 9.47 Å². The number of fused-ring (bicyclic) bond motifs is 1. The molecule has 2 nitrogen and oxygen atoms in total. The summed E-state index contributed by atoms with van der Waals surface area (Å²) < 4.78 is 11.9. The maximum atomic E-state index is 6.00. The van der Waals surface area contributed by atoms with Crippen LogP contribution in [0, 0.1) is 0 Å². The van der Waals surface area contributed by atoms with E-state index in [4.69, 9.17) is 9.47 Å². The largest absolute Gasteiger partial charge is 0.490 e. The summed E-state index contributed by atoms with van der Waals surface area (Å²) in [5, 5.41) is 0. The number of hydrogen-bond donors (Lipinski definition) is 0. The second-order valence-electron chi connectivity index (χ2n) is 5.08. The molecule has 2 aromatic carbocycles. The summed E-state index contributed by atoms with van der Waals surface area (Å²) in [6, 6.07) is 16.7. The molecular weight excluding hydrogens is 248 g/mol. The Labute approximate surface area is 120 Å². The standard InChI is InChI=1S/C18H20O2/c1-2-14-7-4-6-10-17(14)20-13-18-16-9-5-3-8-15(16)11-12-19-18/h3-10,18H,2,11-13H2,1H3. The molecule has 104 valence electrons. The van der Waals surface area contributed by atoms with E-state index >= 15 is 0 Å². The summed E-state index contributed by atoms with van der Waals surface area (Å²) in [5.41, 5.74) is 3.90. The minimum Gasteiger partial charge on any atom is -0.490 e. The predicted octanol–water partition coefficient (Wildman–Crippen LogP) is 3.94. The molecule has 1 heterocycles. The smallest absolute Gasteiger partial charge is 0.122 e. The molecular formula is C18H20O2. The fourth-order valence-electron chi connectivity index (χ4n) is 2.72. The number of para-hydroxylation sites is 1. The van der Waals surface area contributed by atoms with Gasteiger partial charge in [0.25, 0.3) is 0 Å². The molecule has 2 heteroatoms. The van der Waals surface area contributed by atoms with Crippen molar-refractivity contribution in [2.45, 2.75) is 25.9 Å². The molecule has 0 fully saturated rings. The van der Waals surface area contributed by atoms with Gasteiger partial charge in [0.2, 0.25) is 0 Å². The fourth-order valence-corrected chi connectivity index (χ4v) is 2.72. The maximum Gasteiger partial charge on any atom is 0.122 e. The van der Waals surface area contributed by atoms with E-state index in [1.807, 2.05) is 12.1 Å². The molecule has 0 saturated carbocycles. The topological polar surface area (TPSA) is 18.5 Å². The Morgan fingerprint density at radius 2 is 1.90 bits per heavy atom. The van der Waals surface area contributed by atoms with Gasteiger partial charge in [-0.2, -0.15) is 0 Å². The Bertz CT molecular complexity index is 577. The van der Waals surface area contributed by atoms with Gasteiger partial charge in [-0.05, 0) is 35.6 Å². The number of hydrogen-bond acceptors (Lipinski definition) is 2. The zero-order chi connectivity index (χ0) is 13.8. The zero-order valence-electron chi connectivity index (χ0n) is 11.8. The van der Waals surface area contributed by atoms with Crippen LogP contribution in [0.25, 0.3) is 0 Å². The summed E-state index contributed by atoms with van der Waals surface area (Å²) >= 11 is 0. The van der Waals surface area contributed by atoms with Gasteiger partial charge in [0.05, 0.1) is 6.61 Å². The van der Waals surface area contributed by atoms with E-state index in [9.17, 15) is 0 Å². The van der Waals surface area contributed by atoms with Crippen molar-refractivity contribution >= 4 is 0 Å². The van der Waals surface area contributed by atoms with Gasteiger partial charge in [0.1, 0.15) is 18.5 Å². The number of rotatable bonds is 4.